The molecule has 0 aliphatic heterocycles. The summed E-state index contributed by atoms with van der Waals surface area (Å²) in [4.78, 5) is 27.9. The van der Waals surface area contributed by atoms with E-state index in [1.54, 1.807) is 0 Å². The van der Waals surface area contributed by atoms with Gasteiger partial charge in [-0.05, 0) is 158 Å². The van der Waals surface area contributed by atoms with Crippen molar-refractivity contribution in [3.8, 4) is 0 Å². The first-order valence-corrected chi connectivity index (χ1v) is 18.3. The smallest absolute Gasteiger partial charge is 0.136 e. The zero-order valence-corrected chi connectivity index (χ0v) is 27.0. The van der Waals surface area contributed by atoms with E-state index in [-0.39, 0.29) is 45.7 Å². The van der Waals surface area contributed by atoms with Gasteiger partial charge in [-0.3, -0.25) is 9.59 Å². The lowest BCUT2D eigenvalue weighted by Crippen LogP contribution is -2.62. The van der Waals surface area contributed by atoms with Gasteiger partial charge in [0.1, 0.15) is 11.6 Å². The third-order valence-corrected chi connectivity index (χ3v) is 17.7. The summed E-state index contributed by atoms with van der Waals surface area (Å²) in [5.41, 5.74) is 0.385. The van der Waals surface area contributed by atoms with E-state index in [2.05, 4.69) is 27.7 Å². The van der Waals surface area contributed by atoms with Gasteiger partial charge in [-0.2, -0.15) is 0 Å². The Kier molecular flexibility index (Phi) is 6.43. The standard InChI is InChI=1S/C38H58O4/c1-35-18-15-31(40)34(29(35)8-7-23-25-9-11-32(41)36(25,2)16-13-27(23)35)30-20-22(39)19-21-5-6-24-26-10-12-33(42)37(26,3)17-14-28(24)38(21,30)4/h21,23-30,32-34,41-42H,5-20H2,1-4H3/t21?,23-,24-,25-,26-,27+,28-,29?,30?,32?,33-,34?,35+,36-,37-,38-/m0/s1. The summed E-state index contributed by atoms with van der Waals surface area (Å²) < 4.78 is 0. The normalized spacial score (nSPS) is 60.5. The molecule has 2 N–H and O–H groups in total. The molecule has 0 heterocycles. The highest BCUT2D eigenvalue weighted by atomic mass is 16.3. The average Bonchev–Trinajstić information content (AvgIpc) is 3.43. The molecule has 8 aliphatic rings. The largest absolute Gasteiger partial charge is 0.393 e. The molecule has 234 valence electrons. The summed E-state index contributed by atoms with van der Waals surface area (Å²) in [5, 5.41) is 22.0. The highest BCUT2D eigenvalue weighted by Crippen LogP contribution is 2.72. The number of carbonyl (C=O) groups excluding carboxylic acids is 2. The van der Waals surface area contributed by atoms with Crippen LogP contribution in [0.15, 0.2) is 0 Å². The molecule has 8 fully saturated rings. The molecule has 0 aromatic carbocycles. The third kappa shape index (κ3) is 3.55. The van der Waals surface area contributed by atoms with Crippen LogP contribution in [0.4, 0.5) is 0 Å². The Morgan fingerprint density at radius 3 is 1.76 bits per heavy atom. The molecule has 0 radical (unpaired) electrons. The van der Waals surface area contributed by atoms with Gasteiger partial charge < -0.3 is 10.2 Å². The Balaban J connectivity index is 1.14. The van der Waals surface area contributed by atoms with Crippen molar-refractivity contribution in [1.29, 1.82) is 0 Å². The van der Waals surface area contributed by atoms with Crippen LogP contribution in [-0.2, 0) is 9.59 Å². The van der Waals surface area contributed by atoms with Crippen LogP contribution in [0.2, 0.25) is 0 Å². The molecule has 0 spiro atoms. The van der Waals surface area contributed by atoms with Gasteiger partial charge >= 0.3 is 0 Å². The van der Waals surface area contributed by atoms with Crippen molar-refractivity contribution < 1.29 is 19.8 Å². The fraction of sp³-hybridized carbons (Fsp3) is 0.947. The summed E-state index contributed by atoms with van der Waals surface area (Å²) in [6.45, 7) is 9.88. The van der Waals surface area contributed by atoms with Gasteiger partial charge in [0.2, 0.25) is 0 Å². The Bertz CT molecular complexity index is 1150. The van der Waals surface area contributed by atoms with E-state index in [4.69, 9.17) is 0 Å². The molecule has 0 saturated heterocycles. The molecule has 42 heavy (non-hydrogen) atoms. The molecule has 0 bridgehead atoms. The number of hydrogen-bond acceptors (Lipinski definition) is 4. The third-order valence-electron chi connectivity index (χ3n) is 17.7. The number of Topliss-reactive ketones (excluding diaryl/α,β-unsaturated/α-hetero) is 2. The van der Waals surface area contributed by atoms with Gasteiger partial charge in [0.15, 0.2) is 0 Å². The van der Waals surface area contributed by atoms with Gasteiger partial charge in [-0.25, -0.2) is 0 Å². The van der Waals surface area contributed by atoms with Crippen molar-refractivity contribution in [2.24, 2.45) is 80.8 Å². The molecule has 0 aromatic heterocycles. The lowest BCUT2D eigenvalue weighted by atomic mass is 9.37. The van der Waals surface area contributed by atoms with Crippen LogP contribution in [0, 0.1) is 80.8 Å². The molecule has 8 aliphatic carbocycles. The average molecular weight is 579 g/mol. The predicted octanol–water partition coefficient (Wildman–Crippen LogP) is 7.38. The summed E-state index contributed by atoms with van der Waals surface area (Å²) >= 11 is 0. The van der Waals surface area contributed by atoms with Crippen LogP contribution in [-0.4, -0.2) is 34.0 Å². The maximum absolute atomic E-state index is 14.3. The predicted molar refractivity (Wildman–Crippen MR) is 163 cm³/mol. The molecule has 8 rings (SSSR count). The topological polar surface area (TPSA) is 74.6 Å². The highest BCUT2D eigenvalue weighted by molar-refractivity contribution is 5.85. The minimum atomic E-state index is -0.160. The van der Waals surface area contributed by atoms with Crippen LogP contribution in [0.5, 0.6) is 0 Å². The molecule has 4 heteroatoms. The first-order valence-electron chi connectivity index (χ1n) is 18.3. The van der Waals surface area contributed by atoms with Gasteiger partial charge in [0.05, 0.1) is 12.2 Å². The molecule has 8 saturated carbocycles. The fourth-order valence-electron chi connectivity index (χ4n) is 15.4. The number of aliphatic hydroxyl groups excluding tert-OH is 2. The number of carbonyl (C=O) groups is 2. The monoisotopic (exact) mass is 578 g/mol. The molecular formula is C38H58O4. The van der Waals surface area contributed by atoms with E-state index in [9.17, 15) is 19.8 Å². The van der Waals surface area contributed by atoms with E-state index in [1.165, 1.54) is 32.1 Å². The van der Waals surface area contributed by atoms with Crippen LogP contribution in [0.25, 0.3) is 0 Å². The lowest BCUT2D eigenvalue weighted by molar-refractivity contribution is -0.191. The number of ketones is 2. The minimum Gasteiger partial charge on any atom is -0.393 e. The summed E-state index contributed by atoms with van der Waals surface area (Å²) in [5.74, 6) is 5.82. The van der Waals surface area contributed by atoms with Crippen molar-refractivity contribution in [3.63, 3.8) is 0 Å². The molecular weight excluding hydrogens is 520 g/mol. The summed E-state index contributed by atoms with van der Waals surface area (Å²) in [6, 6.07) is 0. The molecule has 0 aromatic rings. The SMILES string of the molecule is C[C@]12C(CC[C@@H]3[C@@H]1CC[C@]1(C)[C@@H](O)CC[C@@H]31)CC(=O)CC2C1C(=O)CC[C@@]2(C)C1CC[C@@H]1[C@H]2CC[C@]2(C)C(O)CC[C@@H]12. The Morgan fingerprint density at radius 1 is 0.548 bits per heavy atom. The van der Waals surface area contributed by atoms with Gasteiger partial charge in [-0.15, -0.1) is 0 Å². The van der Waals surface area contributed by atoms with Crippen molar-refractivity contribution in [1.82, 2.24) is 0 Å². The zero-order valence-electron chi connectivity index (χ0n) is 27.0. The maximum Gasteiger partial charge on any atom is 0.136 e. The van der Waals surface area contributed by atoms with E-state index in [0.29, 0.717) is 71.8 Å². The Hall–Kier alpha value is -0.740. The van der Waals surface area contributed by atoms with Crippen LogP contribution < -0.4 is 0 Å². The molecule has 16 atom stereocenters. The maximum atomic E-state index is 14.3. The summed E-state index contributed by atoms with van der Waals surface area (Å²) in [7, 11) is 0. The highest BCUT2D eigenvalue weighted by Gasteiger charge is 2.67. The van der Waals surface area contributed by atoms with E-state index in [1.807, 2.05) is 0 Å². The van der Waals surface area contributed by atoms with Crippen LogP contribution >= 0.6 is 0 Å². The van der Waals surface area contributed by atoms with Gasteiger partial charge in [-0.1, -0.05) is 27.7 Å². The van der Waals surface area contributed by atoms with Crippen molar-refractivity contribution in [3.05, 3.63) is 0 Å². The Morgan fingerprint density at radius 2 is 1.10 bits per heavy atom. The molecule has 5 unspecified atom stereocenters. The second-order valence-corrected chi connectivity index (χ2v) is 18.4. The van der Waals surface area contributed by atoms with E-state index < -0.39 is 0 Å². The number of aliphatic hydroxyl groups is 2. The van der Waals surface area contributed by atoms with Crippen molar-refractivity contribution in [2.45, 2.75) is 143 Å². The lowest BCUT2D eigenvalue weighted by Gasteiger charge is -2.66. The Labute approximate surface area is 254 Å². The van der Waals surface area contributed by atoms with E-state index >= 15 is 0 Å². The minimum absolute atomic E-state index is 0.0464. The first kappa shape index (κ1) is 28.7. The van der Waals surface area contributed by atoms with Gasteiger partial charge in [0.25, 0.3) is 0 Å². The van der Waals surface area contributed by atoms with Crippen molar-refractivity contribution in [2.75, 3.05) is 0 Å². The zero-order chi connectivity index (χ0) is 29.4. The van der Waals surface area contributed by atoms with Crippen LogP contribution in [0.1, 0.15) is 130 Å². The van der Waals surface area contributed by atoms with Crippen LogP contribution in [0.3, 0.4) is 0 Å². The fourth-order valence-corrected chi connectivity index (χ4v) is 15.4. The second-order valence-electron chi connectivity index (χ2n) is 18.4. The number of rotatable bonds is 1. The summed E-state index contributed by atoms with van der Waals surface area (Å²) in [6.07, 6.45) is 16.4. The first-order chi connectivity index (χ1) is 19.9. The number of fused-ring (bicyclic) bond motifs is 10. The quantitative estimate of drug-likeness (QED) is 0.340. The molecule has 0 amide bonds. The number of hydrogen-bond donors (Lipinski definition) is 2. The van der Waals surface area contributed by atoms with Crippen molar-refractivity contribution >= 4 is 11.6 Å². The molecule has 4 nitrogen and oxygen atoms in total. The van der Waals surface area contributed by atoms with Gasteiger partial charge in [0, 0.05) is 25.2 Å². The van der Waals surface area contributed by atoms with E-state index in [0.717, 1.165) is 57.8 Å². The second kappa shape index (κ2) is 9.40.